The van der Waals surface area contributed by atoms with Crippen LogP contribution in [0.15, 0.2) is 0 Å². The molecule has 0 rings (SSSR count). The first kappa shape index (κ1) is 14.1. The van der Waals surface area contributed by atoms with Crippen molar-refractivity contribution >= 4 is 8.32 Å². The number of hydrogen-bond acceptors (Lipinski definition) is 2. The third-order valence-corrected chi connectivity index (χ3v) is 7.56. The summed E-state index contributed by atoms with van der Waals surface area (Å²) in [6, 6.07) is 0. The molecule has 0 aromatic carbocycles. The fourth-order valence-electron chi connectivity index (χ4n) is 0.918. The number of rotatable bonds is 6. The Bertz CT molecular complexity index is 152. The number of nitrogens with one attached hydrogen (secondary N) is 1. The van der Waals surface area contributed by atoms with Gasteiger partial charge in [-0.2, -0.15) is 0 Å². The fraction of sp³-hybridized carbons (Fsp3) is 1.00. The van der Waals surface area contributed by atoms with E-state index in [0.717, 1.165) is 26.1 Å². The summed E-state index contributed by atoms with van der Waals surface area (Å²) in [5, 5.41) is 3.65. The van der Waals surface area contributed by atoms with Crippen molar-refractivity contribution in [3.8, 4) is 0 Å². The van der Waals surface area contributed by atoms with Crippen molar-refractivity contribution in [1.29, 1.82) is 0 Å². The SMILES string of the molecule is CCNCCCO[Si](C)(C)C(C)(C)C. The second-order valence-electron chi connectivity index (χ2n) is 5.32. The lowest BCUT2D eigenvalue weighted by molar-refractivity contribution is 0.281. The molecule has 0 aliphatic rings. The first-order valence-corrected chi connectivity index (χ1v) is 8.57. The summed E-state index contributed by atoms with van der Waals surface area (Å²) in [4.78, 5) is 0. The van der Waals surface area contributed by atoms with Crippen molar-refractivity contribution in [2.75, 3.05) is 19.7 Å². The molecule has 86 valence electrons. The van der Waals surface area contributed by atoms with E-state index >= 15 is 0 Å². The monoisotopic (exact) mass is 217 g/mol. The lowest BCUT2D eigenvalue weighted by Gasteiger charge is -2.36. The van der Waals surface area contributed by atoms with Crippen molar-refractivity contribution in [2.24, 2.45) is 0 Å². The summed E-state index contributed by atoms with van der Waals surface area (Å²) >= 11 is 0. The number of hydrogen-bond donors (Lipinski definition) is 1. The largest absolute Gasteiger partial charge is 0.417 e. The molecule has 0 fully saturated rings. The van der Waals surface area contributed by atoms with Crippen molar-refractivity contribution in [1.82, 2.24) is 5.32 Å². The molecule has 0 saturated carbocycles. The molecule has 0 atom stereocenters. The van der Waals surface area contributed by atoms with Crippen molar-refractivity contribution in [3.63, 3.8) is 0 Å². The third kappa shape index (κ3) is 5.13. The van der Waals surface area contributed by atoms with Gasteiger partial charge in [0.05, 0.1) is 0 Å². The lowest BCUT2D eigenvalue weighted by atomic mass is 10.2. The molecule has 0 heterocycles. The van der Waals surface area contributed by atoms with Gasteiger partial charge in [0.15, 0.2) is 8.32 Å². The molecule has 0 unspecified atom stereocenters. The lowest BCUT2D eigenvalue weighted by Crippen LogP contribution is -2.41. The standard InChI is InChI=1S/C11H27NOSi/c1-7-12-9-8-10-13-14(5,6)11(2,3)4/h12H,7-10H2,1-6H3. The quantitative estimate of drug-likeness (QED) is 0.545. The molecular weight excluding hydrogens is 190 g/mol. The van der Waals surface area contributed by atoms with Crippen LogP contribution < -0.4 is 5.32 Å². The molecule has 3 heteroatoms. The van der Waals surface area contributed by atoms with Crippen LogP contribution in [-0.2, 0) is 4.43 Å². The van der Waals surface area contributed by atoms with E-state index in [0.29, 0.717) is 5.04 Å². The predicted octanol–water partition coefficient (Wildman–Crippen LogP) is 3.01. The Morgan fingerprint density at radius 3 is 2.21 bits per heavy atom. The molecule has 2 nitrogen and oxygen atoms in total. The zero-order valence-electron chi connectivity index (χ0n) is 10.7. The highest BCUT2D eigenvalue weighted by Gasteiger charge is 2.36. The first-order chi connectivity index (χ1) is 6.31. The predicted molar refractivity (Wildman–Crippen MR) is 66.3 cm³/mol. The van der Waals surface area contributed by atoms with E-state index < -0.39 is 8.32 Å². The molecule has 0 amide bonds. The van der Waals surface area contributed by atoms with Crippen molar-refractivity contribution < 1.29 is 4.43 Å². The molecule has 0 aromatic heterocycles. The fourth-order valence-corrected chi connectivity index (χ4v) is 2.01. The Labute approximate surface area is 90.6 Å². The highest BCUT2D eigenvalue weighted by molar-refractivity contribution is 6.74. The van der Waals surface area contributed by atoms with Crippen LogP contribution in [0.4, 0.5) is 0 Å². The average Bonchev–Trinajstić information content (AvgIpc) is 2.02. The molecule has 1 N–H and O–H groups in total. The summed E-state index contributed by atoms with van der Waals surface area (Å²) in [5.41, 5.74) is 0. The molecule has 0 radical (unpaired) electrons. The van der Waals surface area contributed by atoms with Crippen LogP contribution in [0.1, 0.15) is 34.1 Å². The van der Waals surface area contributed by atoms with Crippen molar-refractivity contribution in [2.45, 2.75) is 52.2 Å². The Kier molecular flexibility index (Phi) is 5.94. The third-order valence-electron chi connectivity index (χ3n) is 3.02. The van der Waals surface area contributed by atoms with E-state index in [1.54, 1.807) is 0 Å². The van der Waals surface area contributed by atoms with Gasteiger partial charge in [-0.25, -0.2) is 0 Å². The van der Waals surface area contributed by atoms with Crippen LogP contribution in [0.5, 0.6) is 0 Å². The Morgan fingerprint density at radius 2 is 1.79 bits per heavy atom. The molecule has 0 bridgehead atoms. The van der Waals surface area contributed by atoms with E-state index in [1.807, 2.05) is 0 Å². The van der Waals surface area contributed by atoms with Gasteiger partial charge in [-0.05, 0) is 37.6 Å². The minimum atomic E-state index is -1.49. The van der Waals surface area contributed by atoms with Gasteiger partial charge in [-0.3, -0.25) is 0 Å². The molecular formula is C11H27NOSi. The molecule has 0 saturated heterocycles. The van der Waals surface area contributed by atoms with Crippen LogP contribution in [0, 0.1) is 0 Å². The van der Waals surface area contributed by atoms with Crippen LogP contribution in [-0.4, -0.2) is 28.0 Å². The van der Waals surface area contributed by atoms with E-state index in [2.05, 4.69) is 46.1 Å². The average molecular weight is 217 g/mol. The van der Waals surface area contributed by atoms with Gasteiger partial charge in [0.2, 0.25) is 0 Å². The maximum atomic E-state index is 6.04. The maximum Gasteiger partial charge on any atom is 0.191 e. The van der Waals surface area contributed by atoms with Gasteiger partial charge in [-0.1, -0.05) is 27.7 Å². The molecule has 0 aromatic rings. The molecule has 0 aliphatic heterocycles. The van der Waals surface area contributed by atoms with Crippen LogP contribution in [0.25, 0.3) is 0 Å². The minimum absolute atomic E-state index is 0.338. The topological polar surface area (TPSA) is 21.3 Å². The summed E-state index contributed by atoms with van der Waals surface area (Å²) in [6.07, 6.45) is 1.13. The van der Waals surface area contributed by atoms with Gasteiger partial charge in [-0.15, -0.1) is 0 Å². The van der Waals surface area contributed by atoms with Crippen LogP contribution in [0.3, 0.4) is 0 Å². The van der Waals surface area contributed by atoms with Gasteiger partial charge in [0.25, 0.3) is 0 Å². The Hall–Kier alpha value is 0.137. The normalized spacial score (nSPS) is 13.3. The Morgan fingerprint density at radius 1 is 1.21 bits per heavy atom. The molecule has 0 aliphatic carbocycles. The Balaban J connectivity index is 3.67. The first-order valence-electron chi connectivity index (χ1n) is 5.66. The highest BCUT2D eigenvalue weighted by atomic mass is 28.4. The van der Waals surface area contributed by atoms with Crippen LogP contribution >= 0.6 is 0 Å². The second kappa shape index (κ2) is 5.88. The second-order valence-corrected chi connectivity index (χ2v) is 10.1. The molecule has 0 spiro atoms. The summed E-state index contributed by atoms with van der Waals surface area (Å²) in [7, 11) is -1.49. The zero-order chi connectivity index (χ0) is 11.2. The summed E-state index contributed by atoms with van der Waals surface area (Å²) in [5.74, 6) is 0. The van der Waals surface area contributed by atoms with Crippen molar-refractivity contribution in [3.05, 3.63) is 0 Å². The van der Waals surface area contributed by atoms with E-state index in [-0.39, 0.29) is 0 Å². The maximum absolute atomic E-state index is 6.04. The minimum Gasteiger partial charge on any atom is -0.417 e. The summed E-state index contributed by atoms with van der Waals surface area (Å²) < 4.78 is 6.04. The zero-order valence-corrected chi connectivity index (χ0v) is 11.7. The summed E-state index contributed by atoms with van der Waals surface area (Å²) in [6.45, 7) is 16.6. The van der Waals surface area contributed by atoms with Gasteiger partial charge >= 0.3 is 0 Å². The van der Waals surface area contributed by atoms with Gasteiger partial charge < -0.3 is 9.74 Å². The highest BCUT2D eigenvalue weighted by Crippen LogP contribution is 2.36. The smallest absolute Gasteiger partial charge is 0.191 e. The van der Waals surface area contributed by atoms with E-state index in [9.17, 15) is 0 Å². The van der Waals surface area contributed by atoms with Crippen LogP contribution in [0.2, 0.25) is 18.1 Å². The van der Waals surface area contributed by atoms with E-state index in [1.165, 1.54) is 0 Å². The van der Waals surface area contributed by atoms with E-state index in [4.69, 9.17) is 4.43 Å². The van der Waals surface area contributed by atoms with Gasteiger partial charge in [0, 0.05) is 6.61 Å². The molecule has 14 heavy (non-hydrogen) atoms. The van der Waals surface area contributed by atoms with Gasteiger partial charge in [0.1, 0.15) is 0 Å².